The minimum atomic E-state index is -1.12. The number of hydrogen-bond acceptors (Lipinski definition) is 2. The van der Waals surface area contributed by atoms with E-state index in [0.717, 1.165) is 29.7 Å². The quantitative estimate of drug-likeness (QED) is 0.800. The van der Waals surface area contributed by atoms with Gasteiger partial charge in [0, 0.05) is 25.2 Å². The fourth-order valence-corrected chi connectivity index (χ4v) is 2.23. The van der Waals surface area contributed by atoms with Gasteiger partial charge in [-0.05, 0) is 17.5 Å². The van der Waals surface area contributed by atoms with Gasteiger partial charge in [-0.3, -0.25) is 4.79 Å². The van der Waals surface area contributed by atoms with Crippen LogP contribution in [-0.4, -0.2) is 28.4 Å². The normalized spacial score (nSPS) is 10.6. The monoisotopic (exact) mass is 309 g/mol. The second-order valence-electron chi connectivity index (χ2n) is 5.15. The predicted molar refractivity (Wildman–Crippen MR) is 88.8 cm³/mol. The Hall–Kier alpha value is -2.88. The van der Waals surface area contributed by atoms with Gasteiger partial charge in [0.25, 0.3) is 0 Å². The first-order valence-corrected chi connectivity index (χ1v) is 7.43. The third-order valence-electron chi connectivity index (χ3n) is 3.41. The van der Waals surface area contributed by atoms with Crippen molar-refractivity contribution in [1.82, 2.24) is 4.90 Å². The Labute approximate surface area is 135 Å². The van der Waals surface area contributed by atoms with Crippen molar-refractivity contribution in [2.24, 2.45) is 0 Å². The van der Waals surface area contributed by atoms with Gasteiger partial charge in [-0.25, -0.2) is 4.79 Å². The van der Waals surface area contributed by atoms with Gasteiger partial charge in [-0.2, -0.15) is 0 Å². The number of nitrogens with zero attached hydrogens (tertiary/aromatic N) is 1. The summed E-state index contributed by atoms with van der Waals surface area (Å²) in [6.45, 7) is 0.984. The van der Waals surface area contributed by atoms with Crippen LogP contribution in [0.15, 0.2) is 72.8 Å². The van der Waals surface area contributed by atoms with Crippen LogP contribution < -0.4 is 0 Å². The van der Waals surface area contributed by atoms with Gasteiger partial charge in [-0.1, -0.05) is 60.7 Å². The first-order chi connectivity index (χ1) is 11.1. The molecule has 0 aliphatic heterocycles. The minimum Gasteiger partial charge on any atom is -0.478 e. The molecule has 0 heterocycles. The molecule has 2 aromatic rings. The van der Waals surface area contributed by atoms with Crippen LogP contribution in [0.5, 0.6) is 0 Å². The molecule has 1 N–H and O–H groups in total. The molecule has 0 atom stereocenters. The zero-order valence-corrected chi connectivity index (χ0v) is 12.8. The molecule has 0 aliphatic rings. The number of hydrogen-bond donors (Lipinski definition) is 1. The Balaban J connectivity index is 2.07. The van der Waals surface area contributed by atoms with Crippen molar-refractivity contribution in [2.45, 2.75) is 13.0 Å². The molecule has 0 unspecified atom stereocenters. The summed E-state index contributed by atoms with van der Waals surface area (Å²) in [5.74, 6) is -1.42. The smallest absolute Gasteiger partial charge is 0.328 e. The Bertz CT molecular complexity index is 666. The van der Waals surface area contributed by atoms with E-state index in [4.69, 9.17) is 5.11 Å². The van der Waals surface area contributed by atoms with E-state index in [1.54, 1.807) is 4.90 Å². The first-order valence-electron chi connectivity index (χ1n) is 7.43. The number of aliphatic carboxylic acids is 1. The fourth-order valence-electron chi connectivity index (χ4n) is 2.23. The van der Waals surface area contributed by atoms with E-state index in [0.29, 0.717) is 13.1 Å². The maximum atomic E-state index is 12.2. The summed E-state index contributed by atoms with van der Waals surface area (Å²) in [6, 6.07) is 19.6. The molecule has 23 heavy (non-hydrogen) atoms. The highest BCUT2D eigenvalue weighted by molar-refractivity contribution is 5.93. The number of carboxylic acids is 1. The van der Waals surface area contributed by atoms with Crippen molar-refractivity contribution in [1.29, 1.82) is 0 Å². The summed E-state index contributed by atoms with van der Waals surface area (Å²) in [4.78, 5) is 24.5. The van der Waals surface area contributed by atoms with Gasteiger partial charge in [0.2, 0.25) is 5.91 Å². The minimum absolute atomic E-state index is 0.299. The van der Waals surface area contributed by atoms with Crippen molar-refractivity contribution in [2.75, 3.05) is 6.54 Å². The summed E-state index contributed by atoms with van der Waals surface area (Å²) >= 11 is 0. The van der Waals surface area contributed by atoms with Crippen LogP contribution in [0.2, 0.25) is 0 Å². The van der Waals surface area contributed by atoms with Crippen LogP contribution in [0.4, 0.5) is 0 Å². The summed E-state index contributed by atoms with van der Waals surface area (Å²) in [7, 11) is 0. The zero-order chi connectivity index (χ0) is 16.5. The number of amides is 1. The van der Waals surface area contributed by atoms with Gasteiger partial charge >= 0.3 is 5.97 Å². The Morgan fingerprint density at radius 1 is 0.870 bits per heavy atom. The summed E-state index contributed by atoms with van der Waals surface area (Å²) in [5.41, 5.74) is 2.15. The third-order valence-corrected chi connectivity index (χ3v) is 3.41. The lowest BCUT2D eigenvalue weighted by Gasteiger charge is -2.21. The van der Waals surface area contributed by atoms with Crippen molar-refractivity contribution in [3.63, 3.8) is 0 Å². The summed E-state index contributed by atoms with van der Waals surface area (Å²) in [5, 5.41) is 8.68. The SMILES string of the molecule is O=C(O)/C=C\C(=O)N(CCc1ccccc1)Cc1ccccc1. The van der Waals surface area contributed by atoms with Gasteiger partial charge in [0.05, 0.1) is 0 Å². The number of carbonyl (C=O) groups excluding carboxylic acids is 1. The maximum absolute atomic E-state index is 12.2. The average Bonchev–Trinajstić information content (AvgIpc) is 2.58. The highest BCUT2D eigenvalue weighted by atomic mass is 16.4. The van der Waals surface area contributed by atoms with Gasteiger partial charge < -0.3 is 10.0 Å². The molecule has 0 bridgehead atoms. The van der Waals surface area contributed by atoms with E-state index in [9.17, 15) is 9.59 Å². The van der Waals surface area contributed by atoms with E-state index in [1.165, 1.54) is 0 Å². The molecule has 0 aromatic heterocycles. The Kier molecular flexibility index (Phi) is 6.12. The largest absolute Gasteiger partial charge is 0.478 e. The topological polar surface area (TPSA) is 57.6 Å². The van der Waals surface area contributed by atoms with Crippen molar-refractivity contribution in [3.8, 4) is 0 Å². The van der Waals surface area contributed by atoms with Crippen LogP contribution in [0.3, 0.4) is 0 Å². The molecule has 0 radical (unpaired) electrons. The van der Waals surface area contributed by atoms with Crippen LogP contribution in [-0.2, 0) is 22.6 Å². The van der Waals surface area contributed by atoms with Crippen molar-refractivity contribution < 1.29 is 14.7 Å². The van der Waals surface area contributed by atoms with Gasteiger partial charge in [0.1, 0.15) is 0 Å². The molecule has 2 aromatic carbocycles. The number of rotatable bonds is 7. The van der Waals surface area contributed by atoms with Crippen LogP contribution in [0.25, 0.3) is 0 Å². The molecule has 0 spiro atoms. The predicted octanol–water partition coefficient (Wildman–Crippen LogP) is 2.90. The van der Waals surface area contributed by atoms with E-state index < -0.39 is 5.97 Å². The van der Waals surface area contributed by atoms with Crippen molar-refractivity contribution in [3.05, 3.63) is 83.9 Å². The maximum Gasteiger partial charge on any atom is 0.328 e. The van der Waals surface area contributed by atoms with E-state index >= 15 is 0 Å². The Morgan fingerprint density at radius 3 is 2.00 bits per heavy atom. The fraction of sp³-hybridized carbons (Fsp3) is 0.158. The average molecular weight is 309 g/mol. The summed E-state index contributed by atoms with van der Waals surface area (Å²) < 4.78 is 0. The molecule has 118 valence electrons. The number of carboxylic acid groups (broad SMARTS) is 1. The molecule has 2 rings (SSSR count). The van der Waals surface area contributed by atoms with E-state index in [-0.39, 0.29) is 5.91 Å². The molecule has 0 fully saturated rings. The highest BCUT2D eigenvalue weighted by Crippen LogP contribution is 2.08. The lowest BCUT2D eigenvalue weighted by Crippen LogP contribution is -2.31. The molecule has 1 amide bonds. The second kappa shape index (κ2) is 8.54. The highest BCUT2D eigenvalue weighted by Gasteiger charge is 2.12. The molecule has 4 heteroatoms. The standard InChI is InChI=1S/C19H19NO3/c21-18(11-12-19(22)23)20(15-17-9-5-2-6-10-17)14-13-16-7-3-1-4-8-16/h1-12H,13-15H2,(H,22,23)/b12-11-. The van der Waals surface area contributed by atoms with Crippen LogP contribution >= 0.6 is 0 Å². The van der Waals surface area contributed by atoms with Gasteiger partial charge in [-0.15, -0.1) is 0 Å². The van der Waals surface area contributed by atoms with Crippen LogP contribution in [0.1, 0.15) is 11.1 Å². The van der Waals surface area contributed by atoms with E-state index in [2.05, 4.69) is 0 Å². The Morgan fingerprint density at radius 2 is 1.43 bits per heavy atom. The molecular formula is C19H19NO3. The lowest BCUT2D eigenvalue weighted by atomic mass is 10.1. The van der Waals surface area contributed by atoms with Crippen molar-refractivity contribution >= 4 is 11.9 Å². The third kappa shape index (κ3) is 5.79. The lowest BCUT2D eigenvalue weighted by molar-refractivity contribution is -0.132. The second-order valence-corrected chi connectivity index (χ2v) is 5.15. The molecule has 4 nitrogen and oxygen atoms in total. The number of carbonyl (C=O) groups is 2. The van der Waals surface area contributed by atoms with E-state index in [1.807, 2.05) is 60.7 Å². The molecular weight excluding hydrogens is 290 g/mol. The summed E-state index contributed by atoms with van der Waals surface area (Å²) in [6.07, 6.45) is 2.71. The number of benzene rings is 2. The first kappa shape index (κ1) is 16.5. The zero-order valence-electron chi connectivity index (χ0n) is 12.8. The molecule has 0 saturated heterocycles. The molecule has 0 aliphatic carbocycles. The van der Waals surface area contributed by atoms with Gasteiger partial charge in [0.15, 0.2) is 0 Å². The molecule has 0 saturated carbocycles. The van der Waals surface area contributed by atoms with Crippen LogP contribution in [0, 0.1) is 0 Å².